The number of hydrogen-bond donors (Lipinski definition) is 6. The Labute approximate surface area is 117 Å². The number of nitrogen functional groups attached to an aromatic ring is 2. The number of ether oxygens (including phenoxy) is 1. The molecule has 0 aromatic carbocycles. The van der Waals surface area contributed by atoms with E-state index in [0.29, 0.717) is 0 Å². The molecular formula is C10H16N6O5. The van der Waals surface area contributed by atoms with E-state index in [1.54, 1.807) is 0 Å². The molecule has 116 valence electrons. The molecule has 0 radical (unpaired) electrons. The fraction of sp³-hybridized carbons (Fsp3) is 0.500. The molecule has 0 aliphatic rings. The van der Waals surface area contributed by atoms with Crippen LogP contribution in [0.15, 0.2) is 4.79 Å². The normalized spacial score (nSPS) is 16.0. The van der Waals surface area contributed by atoms with E-state index in [-0.39, 0.29) is 23.1 Å². The Morgan fingerprint density at radius 3 is 2.62 bits per heavy atom. The first-order valence-electron chi connectivity index (χ1n) is 5.93. The Kier molecular flexibility index (Phi) is 4.09. The van der Waals surface area contributed by atoms with E-state index in [4.69, 9.17) is 21.3 Å². The molecule has 0 unspecified atom stereocenters. The minimum Gasteiger partial charge on any atom is -0.394 e. The topological polar surface area (TPSA) is 186 Å². The van der Waals surface area contributed by atoms with Gasteiger partial charge in [-0.25, -0.2) is 4.98 Å². The molecule has 0 aliphatic heterocycles. The second kappa shape index (κ2) is 5.65. The van der Waals surface area contributed by atoms with Crippen molar-refractivity contribution in [2.75, 3.05) is 25.2 Å². The highest BCUT2D eigenvalue weighted by atomic mass is 16.5. The summed E-state index contributed by atoms with van der Waals surface area (Å²) in [5, 5.41) is 29.2. The minimum atomic E-state index is -1.64. The van der Waals surface area contributed by atoms with Crippen LogP contribution in [0, 0.1) is 0 Å². The van der Waals surface area contributed by atoms with Crippen LogP contribution >= 0.6 is 0 Å². The third-order valence-corrected chi connectivity index (χ3v) is 3.03. The van der Waals surface area contributed by atoms with Crippen molar-refractivity contribution < 1.29 is 20.1 Å². The van der Waals surface area contributed by atoms with Crippen molar-refractivity contribution in [1.82, 2.24) is 19.5 Å². The van der Waals surface area contributed by atoms with E-state index >= 15 is 0 Å². The molecule has 21 heavy (non-hydrogen) atoms. The maximum absolute atomic E-state index is 11.7. The van der Waals surface area contributed by atoms with E-state index < -0.39 is 30.6 Å². The number of H-pyrrole nitrogens is 1. The van der Waals surface area contributed by atoms with Gasteiger partial charge in [0.05, 0.1) is 6.61 Å². The lowest BCUT2D eigenvalue weighted by atomic mass is 10.2. The first-order valence-corrected chi connectivity index (χ1v) is 5.93. The standard InChI is InChI=1S/C10H16N6O5/c1-21-3(2-17)5(18)8(20)16-6-4(13-10(16)12)7(19)15-9(11)14-6/h3,5,8,17-18,20H,2H2,1H3,(H2,12,13)(H3,11,14,15,19)/t3-,5-,8-/m1/s1. The number of nitrogens with zero attached hydrogens (tertiary/aromatic N) is 3. The Bertz CT molecular complexity index is 693. The summed E-state index contributed by atoms with van der Waals surface area (Å²) in [6.07, 6.45) is -4.22. The second-order valence-electron chi connectivity index (χ2n) is 4.32. The molecule has 2 rings (SSSR count). The molecule has 0 bridgehead atoms. The Balaban J connectivity index is 2.55. The molecule has 0 spiro atoms. The summed E-state index contributed by atoms with van der Waals surface area (Å²) in [7, 11) is 1.26. The smallest absolute Gasteiger partial charge is 0.280 e. The van der Waals surface area contributed by atoms with Crippen molar-refractivity contribution in [2.24, 2.45) is 0 Å². The molecule has 0 aliphatic carbocycles. The Morgan fingerprint density at radius 1 is 1.38 bits per heavy atom. The lowest BCUT2D eigenvalue weighted by molar-refractivity contribution is -0.115. The van der Waals surface area contributed by atoms with Crippen molar-refractivity contribution in [1.29, 1.82) is 0 Å². The highest BCUT2D eigenvalue weighted by Crippen LogP contribution is 2.22. The number of aromatic nitrogens is 4. The molecule has 0 saturated heterocycles. The van der Waals surface area contributed by atoms with Crippen LogP contribution in [-0.2, 0) is 4.74 Å². The molecule has 2 aromatic rings. The van der Waals surface area contributed by atoms with Gasteiger partial charge in [0.15, 0.2) is 17.4 Å². The quantitative estimate of drug-likeness (QED) is 0.338. The van der Waals surface area contributed by atoms with E-state index in [9.17, 15) is 15.0 Å². The largest absolute Gasteiger partial charge is 0.394 e. The van der Waals surface area contributed by atoms with Gasteiger partial charge in [-0.15, -0.1) is 0 Å². The summed E-state index contributed by atoms with van der Waals surface area (Å²) in [4.78, 5) is 21.5. The van der Waals surface area contributed by atoms with Gasteiger partial charge in [0.2, 0.25) is 11.9 Å². The zero-order valence-electron chi connectivity index (χ0n) is 11.1. The van der Waals surface area contributed by atoms with Crippen molar-refractivity contribution in [2.45, 2.75) is 18.4 Å². The Morgan fingerprint density at radius 2 is 2.05 bits per heavy atom. The number of nitrogens with two attached hydrogens (primary N) is 2. The van der Waals surface area contributed by atoms with Gasteiger partial charge in [-0.1, -0.05) is 0 Å². The number of fused-ring (bicyclic) bond motifs is 1. The predicted molar refractivity (Wildman–Crippen MR) is 72.1 cm³/mol. The van der Waals surface area contributed by atoms with Crippen LogP contribution in [0.2, 0.25) is 0 Å². The average Bonchev–Trinajstić information content (AvgIpc) is 2.76. The van der Waals surface area contributed by atoms with Gasteiger partial charge in [-0.2, -0.15) is 4.98 Å². The van der Waals surface area contributed by atoms with Crippen LogP contribution in [0.25, 0.3) is 11.2 Å². The first kappa shape index (κ1) is 15.2. The van der Waals surface area contributed by atoms with Crippen LogP contribution in [-0.4, -0.2) is 60.8 Å². The maximum Gasteiger partial charge on any atom is 0.280 e. The molecule has 2 aromatic heterocycles. The highest BCUT2D eigenvalue weighted by Gasteiger charge is 2.30. The number of imidazole rings is 1. The average molecular weight is 300 g/mol. The highest BCUT2D eigenvalue weighted by molar-refractivity contribution is 5.74. The molecule has 2 heterocycles. The van der Waals surface area contributed by atoms with Crippen LogP contribution in [0.4, 0.5) is 11.9 Å². The van der Waals surface area contributed by atoms with Gasteiger partial charge in [0.25, 0.3) is 5.56 Å². The molecule has 0 saturated carbocycles. The monoisotopic (exact) mass is 300 g/mol. The lowest BCUT2D eigenvalue weighted by Gasteiger charge is -2.25. The van der Waals surface area contributed by atoms with Gasteiger partial charge in [0, 0.05) is 7.11 Å². The predicted octanol–water partition coefficient (Wildman–Crippen LogP) is -2.86. The number of methoxy groups -OCH3 is 1. The van der Waals surface area contributed by atoms with Crippen molar-refractivity contribution in [3.63, 3.8) is 0 Å². The third-order valence-electron chi connectivity index (χ3n) is 3.03. The van der Waals surface area contributed by atoms with Crippen molar-refractivity contribution in [3.05, 3.63) is 10.4 Å². The van der Waals surface area contributed by atoms with Gasteiger partial charge in [-0.05, 0) is 0 Å². The summed E-state index contributed by atoms with van der Waals surface area (Å²) < 4.78 is 5.77. The van der Waals surface area contributed by atoms with Crippen LogP contribution in [0.3, 0.4) is 0 Å². The first-order chi connectivity index (χ1) is 9.90. The molecule has 11 heteroatoms. The second-order valence-corrected chi connectivity index (χ2v) is 4.32. The summed E-state index contributed by atoms with van der Waals surface area (Å²) in [5.41, 5.74) is 10.2. The minimum absolute atomic E-state index is 0.0897. The third kappa shape index (κ3) is 2.54. The molecule has 11 nitrogen and oxygen atoms in total. The van der Waals surface area contributed by atoms with Gasteiger partial charge in [-0.3, -0.25) is 14.3 Å². The SMILES string of the molecule is CO[C@H](CO)[C@@H](O)[C@@H](O)n1c(N)nc2c(=O)[nH]c(N)nc21. The summed E-state index contributed by atoms with van der Waals surface area (Å²) >= 11 is 0. The Hall–Kier alpha value is -2.21. The number of aromatic amines is 1. The van der Waals surface area contributed by atoms with Crippen molar-refractivity contribution >= 4 is 23.1 Å². The molecule has 3 atom stereocenters. The summed E-state index contributed by atoms with van der Waals surface area (Å²) in [5.74, 6) is -0.436. The lowest BCUT2D eigenvalue weighted by Crippen LogP contribution is -2.39. The van der Waals surface area contributed by atoms with E-state index in [1.807, 2.05) is 0 Å². The molecular weight excluding hydrogens is 284 g/mol. The zero-order valence-corrected chi connectivity index (χ0v) is 11.1. The number of hydrogen-bond acceptors (Lipinski definition) is 9. The number of nitrogens with one attached hydrogen (secondary N) is 1. The summed E-state index contributed by atoms with van der Waals surface area (Å²) in [6, 6.07) is 0. The molecule has 8 N–H and O–H groups in total. The van der Waals surface area contributed by atoms with Crippen molar-refractivity contribution in [3.8, 4) is 0 Å². The van der Waals surface area contributed by atoms with E-state index in [1.165, 1.54) is 7.11 Å². The fourth-order valence-electron chi connectivity index (χ4n) is 1.95. The van der Waals surface area contributed by atoms with Crippen LogP contribution in [0.1, 0.15) is 6.23 Å². The van der Waals surface area contributed by atoms with E-state index in [0.717, 1.165) is 4.57 Å². The van der Waals surface area contributed by atoms with E-state index in [2.05, 4.69) is 15.0 Å². The molecule has 0 fully saturated rings. The van der Waals surface area contributed by atoms with Crippen LogP contribution < -0.4 is 17.0 Å². The number of anilines is 2. The fourth-order valence-corrected chi connectivity index (χ4v) is 1.95. The van der Waals surface area contributed by atoms with Gasteiger partial charge >= 0.3 is 0 Å². The van der Waals surface area contributed by atoms with Gasteiger partial charge < -0.3 is 31.5 Å². The number of aliphatic hydroxyl groups is 3. The van der Waals surface area contributed by atoms with Gasteiger partial charge in [0.1, 0.15) is 12.2 Å². The summed E-state index contributed by atoms with van der Waals surface area (Å²) in [6.45, 7) is -0.530. The maximum atomic E-state index is 11.7. The number of aliphatic hydroxyl groups excluding tert-OH is 3. The zero-order chi connectivity index (χ0) is 15.7. The van der Waals surface area contributed by atoms with Crippen LogP contribution in [0.5, 0.6) is 0 Å². The number of rotatable bonds is 5. The molecule has 0 amide bonds.